The fourth-order valence-electron chi connectivity index (χ4n) is 2.34. The Morgan fingerprint density at radius 2 is 2.00 bits per heavy atom. The van der Waals surface area contributed by atoms with E-state index in [1.165, 1.54) is 11.8 Å². The molecular formula is C13H19BrN2O2S. The van der Waals surface area contributed by atoms with Gasteiger partial charge in [-0.1, -0.05) is 34.1 Å². The van der Waals surface area contributed by atoms with E-state index >= 15 is 0 Å². The molecule has 1 saturated heterocycles. The van der Waals surface area contributed by atoms with Crippen molar-refractivity contribution in [3.63, 3.8) is 0 Å². The number of benzene rings is 1. The third kappa shape index (κ3) is 3.78. The smallest absolute Gasteiger partial charge is 0.211 e. The first-order chi connectivity index (χ1) is 8.88. The molecule has 19 heavy (non-hydrogen) atoms. The van der Waals surface area contributed by atoms with Gasteiger partial charge in [-0.2, -0.15) is 4.31 Å². The molecule has 1 aliphatic rings. The van der Waals surface area contributed by atoms with E-state index in [0.29, 0.717) is 13.1 Å². The Morgan fingerprint density at radius 3 is 2.58 bits per heavy atom. The molecule has 1 aliphatic heterocycles. The summed E-state index contributed by atoms with van der Waals surface area (Å²) in [4.78, 5) is 2.32. The Bertz CT molecular complexity index is 547. The summed E-state index contributed by atoms with van der Waals surface area (Å²) >= 11 is 3.55. The van der Waals surface area contributed by atoms with Gasteiger partial charge in [-0.25, -0.2) is 8.42 Å². The van der Waals surface area contributed by atoms with Gasteiger partial charge in [0.1, 0.15) is 0 Å². The van der Waals surface area contributed by atoms with Crippen molar-refractivity contribution in [3.8, 4) is 0 Å². The lowest BCUT2D eigenvalue weighted by molar-refractivity contribution is 0.122. The molecular weight excluding hydrogens is 328 g/mol. The van der Waals surface area contributed by atoms with Crippen LogP contribution in [0.1, 0.15) is 12.5 Å². The van der Waals surface area contributed by atoms with Gasteiger partial charge in [-0.15, -0.1) is 0 Å². The van der Waals surface area contributed by atoms with E-state index in [4.69, 9.17) is 0 Å². The lowest BCUT2D eigenvalue weighted by atomic mass is 10.1. The number of nitrogens with zero attached hydrogens (tertiary/aromatic N) is 2. The zero-order valence-electron chi connectivity index (χ0n) is 11.2. The van der Waals surface area contributed by atoms with Crippen molar-refractivity contribution < 1.29 is 8.42 Å². The topological polar surface area (TPSA) is 40.6 Å². The van der Waals surface area contributed by atoms with Crippen LogP contribution in [0.15, 0.2) is 28.7 Å². The molecule has 0 aliphatic carbocycles. The summed E-state index contributed by atoms with van der Waals surface area (Å²) in [7, 11) is -3.07. The van der Waals surface area contributed by atoms with Gasteiger partial charge in [0, 0.05) is 36.7 Å². The maximum atomic E-state index is 11.6. The normalized spacial score (nSPS) is 22.6. The molecule has 0 aromatic heterocycles. The summed E-state index contributed by atoms with van der Waals surface area (Å²) in [5, 5.41) is 0. The highest BCUT2D eigenvalue weighted by Crippen LogP contribution is 2.21. The predicted octanol–water partition coefficient (Wildman–Crippen LogP) is 1.91. The van der Waals surface area contributed by atoms with Crippen molar-refractivity contribution in [2.45, 2.75) is 19.5 Å². The number of hydrogen-bond donors (Lipinski definition) is 0. The van der Waals surface area contributed by atoms with Crippen LogP contribution < -0.4 is 0 Å². The van der Waals surface area contributed by atoms with Crippen LogP contribution in [-0.4, -0.2) is 49.6 Å². The highest BCUT2D eigenvalue weighted by atomic mass is 79.9. The molecule has 1 atom stereocenters. The molecule has 106 valence electrons. The molecule has 0 spiro atoms. The average Bonchev–Trinajstić information content (AvgIpc) is 2.33. The van der Waals surface area contributed by atoms with E-state index in [0.717, 1.165) is 17.6 Å². The Balaban J connectivity index is 2.03. The van der Waals surface area contributed by atoms with Gasteiger partial charge >= 0.3 is 0 Å². The van der Waals surface area contributed by atoms with E-state index in [9.17, 15) is 8.42 Å². The van der Waals surface area contributed by atoms with Crippen LogP contribution >= 0.6 is 15.9 Å². The standard InChI is InChI=1S/C13H19BrN2O2S/c1-11-9-16(19(2,17)18)8-7-15(11)10-12-5-3-4-6-13(12)14/h3-6,11H,7-10H2,1-2H3/t11-/m1/s1. The van der Waals surface area contributed by atoms with Gasteiger partial charge in [0.15, 0.2) is 0 Å². The fraction of sp³-hybridized carbons (Fsp3) is 0.538. The summed E-state index contributed by atoms with van der Waals surface area (Å²) < 4.78 is 25.8. The van der Waals surface area contributed by atoms with Crippen molar-refractivity contribution >= 4 is 26.0 Å². The highest BCUT2D eigenvalue weighted by molar-refractivity contribution is 9.10. The number of piperazine rings is 1. The number of halogens is 1. The zero-order chi connectivity index (χ0) is 14.0. The van der Waals surface area contributed by atoms with E-state index in [1.54, 1.807) is 4.31 Å². The highest BCUT2D eigenvalue weighted by Gasteiger charge is 2.28. The van der Waals surface area contributed by atoms with Gasteiger partial charge in [-0.3, -0.25) is 4.90 Å². The molecule has 1 fully saturated rings. The maximum Gasteiger partial charge on any atom is 0.211 e. The molecule has 0 bridgehead atoms. The average molecular weight is 347 g/mol. The number of hydrogen-bond acceptors (Lipinski definition) is 3. The lowest BCUT2D eigenvalue weighted by Crippen LogP contribution is -2.52. The Kier molecular flexibility index (Phi) is 4.66. The summed E-state index contributed by atoms with van der Waals surface area (Å²) in [6, 6.07) is 8.39. The Labute approximate surface area is 123 Å². The predicted molar refractivity (Wildman–Crippen MR) is 80.4 cm³/mol. The van der Waals surface area contributed by atoms with Crippen molar-refractivity contribution in [1.82, 2.24) is 9.21 Å². The van der Waals surface area contributed by atoms with Crippen LogP contribution in [0.25, 0.3) is 0 Å². The van der Waals surface area contributed by atoms with Crippen LogP contribution in [0.2, 0.25) is 0 Å². The molecule has 4 nitrogen and oxygen atoms in total. The zero-order valence-corrected chi connectivity index (χ0v) is 13.6. The van der Waals surface area contributed by atoms with E-state index in [-0.39, 0.29) is 6.04 Å². The van der Waals surface area contributed by atoms with Crippen LogP contribution in [0.4, 0.5) is 0 Å². The maximum absolute atomic E-state index is 11.6. The quantitative estimate of drug-likeness (QED) is 0.839. The number of sulfonamides is 1. The van der Waals surface area contributed by atoms with Gasteiger partial charge in [-0.05, 0) is 18.6 Å². The van der Waals surface area contributed by atoms with Gasteiger partial charge in [0.25, 0.3) is 0 Å². The van der Waals surface area contributed by atoms with Gasteiger partial charge in [0.05, 0.1) is 6.26 Å². The van der Waals surface area contributed by atoms with Crippen molar-refractivity contribution in [2.24, 2.45) is 0 Å². The summed E-state index contributed by atoms with van der Waals surface area (Å²) in [5.74, 6) is 0. The van der Waals surface area contributed by atoms with E-state index in [1.807, 2.05) is 18.2 Å². The van der Waals surface area contributed by atoms with Crippen LogP contribution in [0, 0.1) is 0 Å². The minimum atomic E-state index is -3.07. The summed E-state index contributed by atoms with van der Waals surface area (Å²) in [6.07, 6.45) is 1.28. The molecule has 6 heteroatoms. The third-order valence-electron chi connectivity index (χ3n) is 3.53. The van der Waals surface area contributed by atoms with Crippen molar-refractivity contribution in [2.75, 3.05) is 25.9 Å². The van der Waals surface area contributed by atoms with Crippen molar-refractivity contribution in [3.05, 3.63) is 34.3 Å². The van der Waals surface area contributed by atoms with Crippen molar-refractivity contribution in [1.29, 1.82) is 0 Å². The molecule has 0 saturated carbocycles. The second kappa shape index (κ2) is 5.91. The molecule has 1 aromatic rings. The molecule has 1 aromatic carbocycles. The first-order valence-corrected chi connectivity index (χ1v) is 8.94. The lowest BCUT2D eigenvalue weighted by Gasteiger charge is -2.38. The monoisotopic (exact) mass is 346 g/mol. The molecule has 0 unspecified atom stereocenters. The minimum absolute atomic E-state index is 0.232. The van der Waals surface area contributed by atoms with Gasteiger partial charge < -0.3 is 0 Å². The molecule has 2 rings (SSSR count). The fourth-order valence-corrected chi connectivity index (χ4v) is 3.65. The summed E-state index contributed by atoms with van der Waals surface area (Å²) in [5.41, 5.74) is 1.24. The molecule has 1 heterocycles. The third-order valence-corrected chi connectivity index (χ3v) is 5.57. The Morgan fingerprint density at radius 1 is 1.32 bits per heavy atom. The van der Waals surface area contributed by atoms with Crippen LogP contribution in [0.3, 0.4) is 0 Å². The van der Waals surface area contributed by atoms with Crippen LogP contribution in [-0.2, 0) is 16.6 Å². The second-order valence-electron chi connectivity index (χ2n) is 5.03. The largest absolute Gasteiger partial charge is 0.294 e. The molecule has 0 N–H and O–H groups in total. The van der Waals surface area contributed by atoms with E-state index < -0.39 is 10.0 Å². The minimum Gasteiger partial charge on any atom is -0.294 e. The van der Waals surface area contributed by atoms with Crippen LogP contribution in [0.5, 0.6) is 0 Å². The SMILES string of the molecule is C[C@@H]1CN(S(C)(=O)=O)CCN1Cc1ccccc1Br. The number of rotatable bonds is 3. The summed E-state index contributed by atoms with van der Waals surface area (Å²) in [6.45, 7) is 4.85. The molecule has 0 radical (unpaired) electrons. The molecule has 0 amide bonds. The first-order valence-electron chi connectivity index (χ1n) is 6.30. The van der Waals surface area contributed by atoms with Gasteiger partial charge in [0.2, 0.25) is 10.0 Å². The van der Waals surface area contributed by atoms with E-state index in [2.05, 4.69) is 33.8 Å². The first kappa shape index (κ1) is 15.0. The Hall–Kier alpha value is -0.430. The second-order valence-corrected chi connectivity index (χ2v) is 7.87.